The summed E-state index contributed by atoms with van der Waals surface area (Å²) in [4.78, 5) is 20.1. The van der Waals surface area contributed by atoms with Crippen LogP contribution >= 0.6 is 38.6 Å². The Bertz CT molecular complexity index is 1920. The summed E-state index contributed by atoms with van der Waals surface area (Å²) >= 11 is 6.60. The fourth-order valence-electron chi connectivity index (χ4n) is 3.82. The van der Waals surface area contributed by atoms with Gasteiger partial charge in [-0.1, -0.05) is 57.5 Å². The van der Waals surface area contributed by atoms with Crippen molar-refractivity contribution in [1.29, 1.82) is 5.26 Å². The lowest BCUT2D eigenvalue weighted by Gasteiger charge is -2.36. The van der Waals surface area contributed by atoms with E-state index in [4.69, 9.17) is 18.3 Å². The van der Waals surface area contributed by atoms with Gasteiger partial charge in [-0.05, 0) is 54.5 Å². The van der Waals surface area contributed by atoms with Crippen LogP contribution < -0.4 is 9.60 Å². The van der Waals surface area contributed by atoms with Crippen molar-refractivity contribution >= 4 is 66.9 Å². The molecule has 0 amide bonds. The second-order valence-electron chi connectivity index (χ2n) is 14.9. The minimum atomic E-state index is -1.89. The van der Waals surface area contributed by atoms with E-state index in [0.29, 0.717) is 43.9 Å². The summed E-state index contributed by atoms with van der Waals surface area (Å²) in [5.74, 6) is 1.17. The Balaban J connectivity index is 0.000000276. The van der Waals surface area contributed by atoms with E-state index in [2.05, 4.69) is 110 Å². The van der Waals surface area contributed by atoms with E-state index in [9.17, 15) is 5.26 Å². The fourth-order valence-corrected chi connectivity index (χ4v) is 7.62. The van der Waals surface area contributed by atoms with Gasteiger partial charge in [0.15, 0.2) is 37.9 Å². The molecule has 0 aliphatic heterocycles. The van der Waals surface area contributed by atoms with Gasteiger partial charge in [0.1, 0.15) is 13.5 Å². The average molecular weight is 835 g/mol. The molecular weight excluding hydrogens is 783 g/mol. The summed E-state index contributed by atoms with van der Waals surface area (Å²) < 4.78 is 27.6. The van der Waals surface area contributed by atoms with Crippen LogP contribution in [0.1, 0.15) is 58.5 Å². The molecule has 4 aromatic heterocycles. The fraction of sp³-hybridized carbons (Fsp3) is 0.514. The minimum absolute atomic E-state index is 0.121. The van der Waals surface area contributed by atoms with Crippen molar-refractivity contribution in [2.75, 3.05) is 14.2 Å². The number of aromatic nitrogens is 4. The van der Waals surface area contributed by atoms with Crippen LogP contribution in [-0.2, 0) is 45.0 Å². The number of pyridine rings is 2. The highest BCUT2D eigenvalue weighted by atomic mass is 79.9. The monoisotopic (exact) mass is 833 g/mol. The van der Waals surface area contributed by atoms with Crippen LogP contribution in [0.4, 0.5) is 11.6 Å². The highest BCUT2D eigenvalue weighted by Crippen LogP contribution is 2.38. The number of halogens is 1. The Morgan fingerprint density at radius 2 is 1.18 bits per heavy atom. The predicted octanol–water partition coefficient (Wildman–Crippen LogP) is 9.24. The van der Waals surface area contributed by atoms with Crippen molar-refractivity contribution < 1.29 is 18.3 Å². The molecule has 51 heavy (non-hydrogen) atoms. The normalized spacial score (nSPS) is 13.3. The van der Waals surface area contributed by atoms with Crippen molar-refractivity contribution in [2.24, 2.45) is 9.98 Å². The van der Waals surface area contributed by atoms with Gasteiger partial charge in [-0.2, -0.15) is 5.26 Å². The van der Waals surface area contributed by atoms with E-state index in [1.807, 2.05) is 44.4 Å². The molecule has 0 unspecified atom stereocenters. The van der Waals surface area contributed by atoms with Gasteiger partial charge in [0.05, 0.1) is 36.2 Å². The first-order chi connectivity index (χ1) is 23.8. The molecule has 0 aliphatic carbocycles. The Labute approximate surface area is 321 Å². The predicted molar refractivity (Wildman–Crippen MR) is 214 cm³/mol. The molecule has 11 nitrogen and oxygen atoms in total. The van der Waals surface area contributed by atoms with E-state index in [0.717, 1.165) is 25.5 Å². The lowest BCUT2D eigenvalue weighted by atomic mass is 10.2. The molecular formula is C35H52BrN7O4S2Si2. The van der Waals surface area contributed by atoms with Crippen LogP contribution in [0.2, 0.25) is 36.3 Å². The zero-order chi connectivity index (χ0) is 38.0. The number of nitrogens with zero attached hydrogens (tertiary/aromatic N) is 7. The molecule has 4 heterocycles. The number of hydrogen-bond acceptors (Lipinski definition) is 11. The zero-order valence-electron chi connectivity index (χ0n) is 31.9. The van der Waals surface area contributed by atoms with Crippen LogP contribution in [-0.4, -0.2) is 50.0 Å². The molecule has 0 radical (unpaired) electrons. The van der Waals surface area contributed by atoms with Gasteiger partial charge in [0, 0.05) is 47.9 Å². The molecule has 0 N–H and O–H groups in total. The first-order valence-electron chi connectivity index (χ1n) is 16.5. The van der Waals surface area contributed by atoms with Gasteiger partial charge >= 0.3 is 0 Å². The van der Waals surface area contributed by atoms with Gasteiger partial charge in [-0.15, -0.1) is 22.7 Å². The van der Waals surface area contributed by atoms with Crippen LogP contribution in [0, 0.1) is 11.3 Å². The molecule has 0 spiro atoms. The third kappa shape index (κ3) is 12.8. The van der Waals surface area contributed by atoms with Crippen LogP contribution in [0.3, 0.4) is 0 Å². The third-order valence-electron chi connectivity index (χ3n) is 8.87. The highest BCUT2D eigenvalue weighted by Gasteiger charge is 2.38. The molecule has 0 aromatic carbocycles. The maximum atomic E-state index is 9.33. The zero-order valence-corrected chi connectivity index (χ0v) is 37.1. The van der Waals surface area contributed by atoms with E-state index in [1.165, 1.54) is 11.3 Å². The summed E-state index contributed by atoms with van der Waals surface area (Å²) in [5, 5.41) is 13.6. The Morgan fingerprint density at radius 1 is 0.745 bits per heavy atom. The van der Waals surface area contributed by atoms with Crippen molar-refractivity contribution in [1.82, 2.24) is 19.1 Å². The minimum Gasteiger partial charge on any atom is -0.411 e. The van der Waals surface area contributed by atoms with Gasteiger partial charge < -0.3 is 18.3 Å². The summed E-state index contributed by atoms with van der Waals surface area (Å²) in [7, 11) is -0.391. The van der Waals surface area contributed by atoms with E-state index >= 15 is 0 Å². The number of hydrogen-bond donors (Lipinski definition) is 0. The molecule has 0 saturated carbocycles. The van der Waals surface area contributed by atoms with Crippen molar-refractivity contribution in [3.63, 3.8) is 0 Å². The average Bonchev–Trinajstić information content (AvgIpc) is 3.67. The standard InChI is InChI=1S/C18H26N4O2SSi.C17H26BrN3O2SSi/c1-18(2,3)26(5,6)24-12-15-9-14(11-19)10-16(20-15)21-17-22(13-23-4)7-8-25-17;1-17(2,3)25(5,6)23-11-14-9-13(18)10-15(19-14)20-16-21(12-22-4)7-8-24-16/h7-10H,12-13H2,1-6H3;7-10H,11-12H2,1-6H3. The molecule has 16 heteroatoms. The third-order valence-corrected chi connectivity index (χ3v) is 19.9. The number of thiazole rings is 2. The number of nitriles is 1. The lowest BCUT2D eigenvalue weighted by Crippen LogP contribution is -2.40. The Hall–Kier alpha value is -2.60. The first-order valence-corrected chi connectivity index (χ1v) is 24.9. The van der Waals surface area contributed by atoms with Gasteiger partial charge in [0.25, 0.3) is 0 Å². The Morgan fingerprint density at radius 3 is 1.59 bits per heavy atom. The summed E-state index contributed by atoms with van der Waals surface area (Å²) in [6.45, 7) is 24.0. The Kier molecular flexibility index (Phi) is 15.5. The molecule has 4 aromatic rings. The van der Waals surface area contributed by atoms with E-state index in [-0.39, 0.29) is 10.1 Å². The van der Waals surface area contributed by atoms with Gasteiger partial charge in [-0.25, -0.2) is 20.0 Å². The van der Waals surface area contributed by atoms with Crippen molar-refractivity contribution in [3.8, 4) is 6.07 Å². The molecule has 0 bridgehead atoms. The van der Waals surface area contributed by atoms with Crippen molar-refractivity contribution in [3.05, 3.63) is 78.4 Å². The quantitative estimate of drug-likeness (QED) is 0.131. The second-order valence-corrected chi connectivity index (χ2v) is 27.2. The summed E-state index contributed by atoms with van der Waals surface area (Å²) in [6, 6.07) is 9.54. The lowest BCUT2D eigenvalue weighted by molar-refractivity contribution is 0.129. The van der Waals surface area contributed by atoms with Crippen LogP contribution in [0.15, 0.2) is 61.9 Å². The number of ether oxygens (including phenoxy) is 2. The van der Waals surface area contributed by atoms with E-state index in [1.54, 1.807) is 37.7 Å². The van der Waals surface area contributed by atoms with Crippen molar-refractivity contribution in [2.45, 2.75) is 104 Å². The molecule has 0 atom stereocenters. The summed E-state index contributed by atoms with van der Waals surface area (Å²) in [5.41, 5.74) is 2.14. The van der Waals surface area contributed by atoms with Gasteiger partial charge in [0.2, 0.25) is 0 Å². The topological polar surface area (TPSA) is 121 Å². The molecule has 0 fully saturated rings. The largest absolute Gasteiger partial charge is 0.411 e. The van der Waals surface area contributed by atoms with Crippen LogP contribution in [0.25, 0.3) is 0 Å². The van der Waals surface area contributed by atoms with Crippen LogP contribution in [0.5, 0.6) is 0 Å². The second kappa shape index (κ2) is 18.4. The smallest absolute Gasteiger partial charge is 0.193 e. The maximum absolute atomic E-state index is 9.33. The van der Waals surface area contributed by atoms with Gasteiger partial charge in [-0.3, -0.25) is 9.13 Å². The number of rotatable bonds is 12. The number of methoxy groups -OCH3 is 2. The molecule has 0 saturated heterocycles. The molecule has 278 valence electrons. The molecule has 0 aliphatic rings. The van der Waals surface area contributed by atoms with E-state index < -0.39 is 16.6 Å². The molecule has 4 rings (SSSR count). The first kappa shape index (κ1) is 42.8. The SMILES string of the molecule is COCn1ccsc1=Nc1cc(Br)cc(CO[Si](C)(C)C(C)(C)C)n1.COCn1ccsc1=Nc1cc(C#N)cc(CO[Si](C)(C)C(C)(C)C)n1. The summed E-state index contributed by atoms with van der Waals surface area (Å²) in [6.07, 6.45) is 3.86. The maximum Gasteiger partial charge on any atom is 0.193 e. The highest BCUT2D eigenvalue weighted by molar-refractivity contribution is 9.10.